The molecule has 0 unspecified atom stereocenters. The van der Waals surface area contributed by atoms with Crippen molar-refractivity contribution in [3.63, 3.8) is 0 Å². The summed E-state index contributed by atoms with van der Waals surface area (Å²) in [4.78, 5) is 4.06. The van der Waals surface area contributed by atoms with Gasteiger partial charge in [0.2, 0.25) is 0 Å². The Morgan fingerprint density at radius 1 is 1.56 bits per heavy atom. The molecule has 2 rings (SSSR count). The zero-order valence-corrected chi connectivity index (χ0v) is 11.8. The largest absolute Gasteiger partial charge is 0.337 e. The van der Waals surface area contributed by atoms with Crippen LogP contribution in [0.3, 0.4) is 0 Å². The number of nitrogens with one attached hydrogen (secondary N) is 2. The van der Waals surface area contributed by atoms with Crippen LogP contribution in [0.4, 0.5) is 0 Å². The van der Waals surface area contributed by atoms with Crippen LogP contribution in [0, 0.1) is 6.92 Å². The molecule has 0 aliphatic carbocycles. The molecule has 1 aromatic rings. The van der Waals surface area contributed by atoms with Gasteiger partial charge in [-0.25, -0.2) is 18.1 Å². The Balaban J connectivity index is 2.16. The molecule has 0 bridgehead atoms. The Bertz CT molecular complexity index is 504. The molecule has 7 heteroatoms. The minimum absolute atomic E-state index is 0.0638. The van der Waals surface area contributed by atoms with Crippen LogP contribution < -0.4 is 10.0 Å². The standard InChI is InChI=1S/C11H20N4O2S/c1-8-10(5-4-6-12-8)14-18(16,17)11-7-15(3)9(2)13-11/h7-8,10,12,14H,4-6H2,1-3H3/t8-,10-/m0/s1. The maximum Gasteiger partial charge on any atom is 0.259 e. The van der Waals surface area contributed by atoms with Crippen LogP contribution in [0.25, 0.3) is 0 Å². The second kappa shape index (κ2) is 4.99. The SMILES string of the molecule is Cc1nc(S(=O)(=O)N[C@H]2CCCN[C@H]2C)cn1C. The van der Waals surface area contributed by atoms with Crippen molar-refractivity contribution < 1.29 is 8.42 Å². The Hall–Kier alpha value is -0.920. The van der Waals surface area contributed by atoms with Crippen molar-refractivity contribution in [1.29, 1.82) is 0 Å². The van der Waals surface area contributed by atoms with Crippen LogP contribution in [0.2, 0.25) is 0 Å². The predicted molar refractivity (Wildman–Crippen MR) is 68.8 cm³/mol. The first-order valence-electron chi connectivity index (χ1n) is 6.16. The first-order chi connectivity index (χ1) is 8.40. The highest BCUT2D eigenvalue weighted by atomic mass is 32.2. The quantitative estimate of drug-likeness (QED) is 0.821. The summed E-state index contributed by atoms with van der Waals surface area (Å²) in [5, 5.41) is 3.37. The van der Waals surface area contributed by atoms with Crippen molar-refractivity contribution in [1.82, 2.24) is 19.6 Å². The van der Waals surface area contributed by atoms with E-state index < -0.39 is 10.0 Å². The lowest BCUT2D eigenvalue weighted by Crippen LogP contribution is -2.51. The molecule has 102 valence electrons. The third-order valence-electron chi connectivity index (χ3n) is 3.43. The topological polar surface area (TPSA) is 76.0 Å². The Kier molecular flexibility index (Phi) is 3.74. The van der Waals surface area contributed by atoms with Crippen LogP contribution in [0.15, 0.2) is 11.2 Å². The third kappa shape index (κ3) is 2.73. The second-order valence-electron chi connectivity index (χ2n) is 4.85. The summed E-state index contributed by atoms with van der Waals surface area (Å²) in [5.41, 5.74) is 0. The fraction of sp³-hybridized carbons (Fsp3) is 0.727. The number of piperidine rings is 1. The molecule has 1 aliphatic heterocycles. The fourth-order valence-electron chi connectivity index (χ4n) is 2.12. The normalized spacial score (nSPS) is 25.3. The highest BCUT2D eigenvalue weighted by molar-refractivity contribution is 7.89. The predicted octanol–water partition coefficient (Wildman–Crippen LogP) is 0.147. The van der Waals surface area contributed by atoms with E-state index in [0.717, 1.165) is 19.4 Å². The van der Waals surface area contributed by atoms with E-state index in [4.69, 9.17) is 0 Å². The first kappa shape index (κ1) is 13.5. The van der Waals surface area contributed by atoms with Gasteiger partial charge < -0.3 is 9.88 Å². The number of aryl methyl sites for hydroxylation is 2. The number of hydrogen-bond acceptors (Lipinski definition) is 4. The smallest absolute Gasteiger partial charge is 0.259 e. The lowest BCUT2D eigenvalue weighted by molar-refractivity contribution is 0.348. The van der Waals surface area contributed by atoms with Crippen molar-refractivity contribution in [2.24, 2.45) is 7.05 Å². The molecule has 2 heterocycles. The summed E-state index contributed by atoms with van der Waals surface area (Å²) < 4.78 is 28.8. The minimum atomic E-state index is -3.52. The van der Waals surface area contributed by atoms with Gasteiger partial charge in [0.1, 0.15) is 5.82 Å². The molecule has 6 nitrogen and oxygen atoms in total. The minimum Gasteiger partial charge on any atom is -0.337 e. The average Bonchev–Trinajstić information content (AvgIpc) is 2.63. The summed E-state index contributed by atoms with van der Waals surface area (Å²) in [7, 11) is -1.73. The van der Waals surface area contributed by atoms with E-state index in [1.54, 1.807) is 24.7 Å². The Morgan fingerprint density at radius 3 is 2.83 bits per heavy atom. The van der Waals surface area contributed by atoms with Crippen LogP contribution in [-0.4, -0.2) is 36.6 Å². The number of imidazole rings is 1. The van der Waals surface area contributed by atoms with Gasteiger partial charge in [-0.1, -0.05) is 0 Å². The van der Waals surface area contributed by atoms with Crippen LogP contribution >= 0.6 is 0 Å². The monoisotopic (exact) mass is 272 g/mol. The molecule has 0 amide bonds. The average molecular weight is 272 g/mol. The summed E-state index contributed by atoms with van der Waals surface area (Å²) in [5.74, 6) is 0.685. The molecule has 18 heavy (non-hydrogen) atoms. The summed E-state index contributed by atoms with van der Waals surface area (Å²) >= 11 is 0. The van der Waals surface area contributed by atoms with E-state index in [1.807, 2.05) is 6.92 Å². The number of sulfonamides is 1. The van der Waals surface area contributed by atoms with E-state index in [1.165, 1.54) is 0 Å². The number of aromatic nitrogens is 2. The van der Waals surface area contributed by atoms with Crippen molar-refractivity contribution in [3.05, 3.63) is 12.0 Å². The van der Waals surface area contributed by atoms with E-state index in [0.29, 0.717) is 5.82 Å². The number of nitrogens with zero attached hydrogens (tertiary/aromatic N) is 2. The lowest BCUT2D eigenvalue weighted by Gasteiger charge is -2.30. The highest BCUT2D eigenvalue weighted by Crippen LogP contribution is 2.13. The van der Waals surface area contributed by atoms with Crippen LogP contribution in [0.1, 0.15) is 25.6 Å². The molecule has 1 fully saturated rings. The van der Waals surface area contributed by atoms with Gasteiger partial charge in [0, 0.05) is 25.3 Å². The lowest BCUT2D eigenvalue weighted by atomic mass is 10.0. The fourth-order valence-corrected chi connectivity index (χ4v) is 3.51. The van der Waals surface area contributed by atoms with E-state index >= 15 is 0 Å². The van der Waals surface area contributed by atoms with Crippen molar-refractivity contribution in [2.75, 3.05) is 6.54 Å². The molecule has 2 atom stereocenters. The number of hydrogen-bond donors (Lipinski definition) is 2. The molecule has 0 aromatic carbocycles. The number of rotatable bonds is 3. The second-order valence-corrected chi connectivity index (χ2v) is 6.51. The van der Waals surface area contributed by atoms with Gasteiger partial charge in [-0.15, -0.1) is 0 Å². The van der Waals surface area contributed by atoms with E-state index in [2.05, 4.69) is 15.0 Å². The van der Waals surface area contributed by atoms with Gasteiger partial charge in [-0.3, -0.25) is 0 Å². The molecule has 0 spiro atoms. The maximum atomic E-state index is 12.2. The van der Waals surface area contributed by atoms with Gasteiger partial charge in [-0.2, -0.15) is 0 Å². The Labute approximate surface area is 108 Å². The summed E-state index contributed by atoms with van der Waals surface area (Å²) in [6, 6.07) is 0.0874. The molecule has 1 aliphatic rings. The van der Waals surface area contributed by atoms with Crippen LogP contribution in [-0.2, 0) is 17.1 Å². The van der Waals surface area contributed by atoms with Crippen molar-refractivity contribution >= 4 is 10.0 Å². The molecule has 0 radical (unpaired) electrons. The first-order valence-corrected chi connectivity index (χ1v) is 7.64. The van der Waals surface area contributed by atoms with E-state index in [-0.39, 0.29) is 17.1 Å². The highest BCUT2D eigenvalue weighted by Gasteiger charge is 2.27. The van der Waals surface area contributed by atoms with Gasteiger partial charge in [0.15, 0.2) is 5.03 Å². The van der Waals surface area contributed by atoms with Gasteiger partial charge >= 0.3 is 0 Å². The molecule has 1 aromatic heterocycles. The summed E-state index contributed by atoms with van der Waals surface area (Å²) in [6.45, 7) is 4.72. The van der Waals surface area contributed by atoms with Crippen molar-refractivity contribution in [3.8, 4) is 0 Å². The van der Waals surface area contributed by atoms with Gasteiger partial charge in [0.05, 0.1) is 0 Å². The molecular formula is C11H20N4O2S. The third-order valence-corrected chi connectivity index (χ3v) is 4.79. The Morgan fingerprint density at radius 2 is 2.28 bits per heavy atom. The molecular weight excluding hydrogens is 252 g/mol. The summed E-state index contributed by atoms with van der Waals surface area (Å²) in [6.07, 6.45) is 3.39. The van der Waals surface area contributed by atoms with Crippen molar-refractivity contribution in [2.45, 2.75) is 43.8 Å². The molecule has 2 N–H and O–H groups in total. The van der Waals surface area contributed by atoms with Crippen LogP contribution in [0.5, 0.6) is 0 Å². The maximum absolute atomic E-state index is 12.2. The molecule has 1 saturated heterocycles. The van der Waals surface area contributed by atoms with Gasteiger partial charge in [0.25, 0.3) is 10.0 Å². The van der Waals surface area contributed by atoms with E-state index in [9.17, 15) is 8.42 Å². The zero-order chi connectivity index (χ0) is 13.3. The van der Waals surface area contributed by atoms with Gasteiger partial charge in [-0.05, 0) is 33.2 Å². The zero-order valence-electron chi connectivity index (χ0n) is 11.0. The molecule has 0 saturated carbocycles.